The number of thiazole rings is 1. The van der Waals surface area contributed by atoms with Crippen molar-refractivity contribution in [1.29, 1.82) is 0 Å². The molecular formula is C17H16N2O3S. The molecule has 0 spiro atoms. The Kier molecular flexibility index (Phi) is 4.73. The third-order valence-electron chi connectivity index (χ3n) is 3.07. The molecule has 5 nitrogen and oxygen atoms in total. The maximum Gasteiger partial charge on any atom is 0.230 e. The molecule has 0 unspecified atom stereocenters. The molecule has 0 bridgehead atoms. The third-order valence-corrected chi connectivity index (χ3v) is 3.98. The van der Waals surface area contributed by atoms with E-state index in [0.717, 1.165) is 22.1 Å². The maximum atomic E-state index is 12.1. The molecule has 1 amide bonds. The van der Waals surface area contributed by atoms with Gasteiger partial charge in [0.25, 0.3) is 0 Å². The first-order chi connectivity index (χ1) is 11.2. The monoisotopic (exact) mass is 328 g/mol. The van der Waals surface area contributed by atoms with Gasteiger partial charge in [-0.05, 0) is 43.3 Å². The van der Waals surface area contributed by atoms with Gasteiger partial charge in [0.15, 0.2) is 10.8 Å². The van der Waals surface area contributed by atoms with Crippen molar-refractivity contribution in [2.24, 2.45) is 0 Å². The first-order valence-corrected chi connectivity index (χ1v) is 8.13. The van der Waals surface area contributed by atoms with Crippen molar-refractivity contribution < 1.29 is 13.9 Å². The average Bonchev–Trinajstić information content (AvgIpc) is 3.20. The summed E-state index contributed by atoms with van der Waals surface area (Å²) < 4.78 is 10.7. The van der Waals surface area contributed by atoms with Crippen LogP contribution >= 0.6 is 11.3 Å². The van der Waals surface area contributed by atoms with Crippen LogP contribution < -0.4 is 10.1 Å². The Balaban J connectivity index is 1.59. The second-order valence-electron chi connectivity index (χ2n) is 4.80. The highest BCUT2D eigenvalue weighted by Crippen LogP contribution is 2.24. The summed E-state index contributed by atoms with van der Waals surface area (Å²) in [5, 5.41) is 5.50. The van der Waals surface area contributed by atoms with Gasteiger partial charge in [0.05, 0.1) is 25.0 Å². The van der Waals surface area contributed by atoms with Gasteiger partial charge in [0.1, 0.15) is 5.75 Å². The Bertz CT molecular complexity index is 764. The van der Waals surface area contributed by atoms with Crippen molar-refractivity contribution in [3.8, 4) is 16.5 Å². The summed E-state index contributed by atoms with van der Waals surface area (Å²) in [6, 6.07) is 11.0. The summed E-state index contributed by atoms with van der Waals surface area (Å²) in [5.74, 6) is 1.40. The number of carbonyl (C=O) groups excluding carboxylic acids is 1. The van der Waals surface area contributed by atoms with Gasteiger partial charge in [-0.1, -0.05) is 0 Å². The largest absolute Gasteiger partial charge is 0.494 e. The number of aromatic nitrogens is 1. The normalized spacial score (nSPS) is 10.5. The second-order valence-corrected chi connectivity index (χ2v) is 5.66. The van der Waals surface area contributed by atoms with Crippen LogP contribution in [0.4, 0.5) is 5.69 Å². The maximum absolute atomic E-state index is 12.1. The highest BCUT2D eigenvalue weighted by atomic mass is 32.1. The molecular weight excluding hydrogens is 312 g/mol. The van der Waals surface area contributed by atoms with E-state index in [1.165, 1.54) is 11.3 Å². The lowest BCUT2D eigenvalue weighted by Gasteiger charge is -2.06. The van der Waals surface area contributed by atoms with Crippen molar-refractivity contribution >= 4 is 22.9 Å². The average molecular weight is 328 g/mol. The fourth-order valence-electron chi connectivity index (χ4n) is 2.07. The van der Waals surface area contributed by atoms with Gasteiger partial charge in [-0.25, -0.2) is 4.98 Å². The summed E-state index contributed by atoms with van der Waals surface area (Å²) in [6.07, 6.45) is 1.83. The number of benzene rings is 1. The van der Waals surface area contributed by atoms with Crippen molar-refractivity contribution in [2.45, 2.75) is 13.3 Å². The van der Waals surface area contributed by atoms with Crippen LogP contribution in [0.5, 0.6) is 5.75 Å². The molecule has 23 heavy (non-hydrogen) atoms. The molecule has 0 saturated carbocycles. The smallest absolute Gasteiger partial charge is 0.230 e. The molecule has 118 valence electrons. The predicted molar refractivity (Wildman–Crippen MR) is 89.8 cm³/mol. The Morgan fingerprint density at radius 3 is 2.83 bits per heavy atom. The topological polar surface area (TPSA) is 64.4 Å². The number of hydrogen-bond acceptors (Lipinski definition) is 5. The van der Waals surface area contributed by atoms with Gasteiger partial charge in [0.2, 0.25) is 5.91 Å². The van der Waals surface area contributed by atoms with Crippen LogP contribution in [0.3, 0.4) is 0 Å². The Morgan fingerprint density at radius 2 is 2.13 bits per heavy atom. The SMILES string of the molecule is CCOc1ccc(NC(=O)Cc2csc(-c3ccco3)n2)cc1. The lowest BCUT2D eigenvalue weighted by atomic mass is 10.2. The highest BCUT2D eigenvalue weighted by Gasteiger charge is 2.10. The first kappa shape index (κ1) is 15.3. The van der Waals surface area contributed by atoms with Gasteiger partial charge < -0.3 is 14.5 Å². The van der Waals surface area contributed by atoms with E-state index in [2.05, 4.69) is 10.3 Å². The zero-order chi connectivity index (χ0) is 16.1. The molecule has 2 aromatic heterocycles. The van der Waals surface area contributed by atoms with Crippen LogP contribution in [0, 0.1) is 0 Å². The van der Waals surface area contributed by atoms with Gasteiger partial charge in [0, 0.05) is 11.1 Å². The molecule has 3 rings (SSSR count). The van der Waals surface area contributed by atoms with E-state index in [9.17, 15) is 4.79 Å². The van der Waals surface area contributed by atoms with Crippen LogP contribution in [-0.4, -0.2) is 17.5 Å². The minimum absolute atomic E-state index is 0.106. The molecule has 0 aliphatic rings. The Hall–Kier alpha value is -2.60. The van der Waals surface area contributed by atoms with Gasteiger partial charge in [-0.3, -0.25) is 4.79 Å². The molecule has 3 aromatic rings. The van der Waals surface area contributed by atoms with Crippen molar-refractivity contribution in [2.75, 3.05) is 11.9 Å². The Morgan fingerprint density at radius 1 is 1.30 bits per heavy atom. The quantitative estimate of drug-likeness (QED) is 0.743. The number of ether oxygens (including phenoxy) is 1. The minimum Gasteiger partial charge on any atom is -0.494 e. The van der Waals surface area contributed by atoms with Crippen molar-refractivity contribution in [3.63, 3.8) is 0 Å². The van der Waals surface area contributed by atoms with E-state index in [1.54, 1.807) is 6.26 Å². The molecule has 0 aliphatic heterocycles. The van der Waals surface area contributed by atoms with E-state index in [0.29, 0.717) is 12.4 Å². The predicted octanol–water partition coefficient (Wildman–Crippen LogP) is 3.98. The van der Waals surface area contributed by atoms with Crippen LogP contribution in [0.1, 0.15) is 12.6 Å². The third kappa shape index (κ3) is 3.98. The number of nitrogens with one attached hydrogen (secondary N) is 1. The lowest BCUT2D eigenvalue weighted by molar-refractivity contribution is -0.115. The summed E-state index contributed by atoms with van der Waals surface area (Å²) in [7, 11) is 0. The fourth-order valence-corrected chi connectivity index (χ4v) is 2.86. The molecule has 0 atom stereocenters. The number of furan rings is 1. The fraction of sp³-hybridized carbons (Fsp3) is 0.176. The Labute approximate surface area is 137 Å². The summed E-state index contributed by atoms with van der Waals surface area (Å²) >= 11 is 1.46. The molecule has 0 saturated heterocycles. The number of amides is 1. The molecule has 0 aliphatic carbocycles. The number of carbonyl (C=O) groups is 1. The molecule has 0 radical (unpaired) electrons. The van der Waals surface area contributed by atoms with E-state index >= 15 is 0 Å². The van der Waals surface area contributed by atoms with E-state index in [4.69, 9.17) is 9.15 Å². The van der Waals surface area contributed by atoms with Crippen molar-refractivity contribution in [3.05, 3.63) is 53.7 Å². The van der Waals surface area contributed by atoms with E-state index in [-0.39, 0.29) is 12.3 Å². The molecule has 0 fully saturated rings. The van der Waals surface area contributed by atoms with E-state index < -0.39 is 0 Å². The number of anilines is 1. The second kappa shape index (κ2) is 7.11. The molecule has 6 heteroatoms. The molecule has 2 heterocycles. The number of nitrogens with zero attached hydrogens (tertiary/aromatic N) is 1. The lowest BCUT2D eigenvalue weighted by Crippen LogP contribution is -2.14. The molecule has 1 aromatic carbocycles. The van der Waals surface area contributed by atoms with Crippen molar-refractivity contribution in [1.82, 2.24) is 4.98 Å². The van der Waals surface area contributed by atoms with Crippen LogP contribution in [0.25, 0.3) is 10.8 Å². The standard InChI is InChI=1S/C17H16N2O3S/c1-2-21-14-7-5-12(6-8-14)18-16(20)10-13-11-23-17(19-13)15-4-3-9-22-15/h3-9,11H,2,10H2,1H3,(H,18,20). The zero-order valence-corrected chi connectivity index (χ0v) is 13.4. The summed E-state index contributed by atoms with van der Waals surface area (Å²) in [6.45, 7) is 2.55. The minimum atomic E-state index is -0.106. The van der Waals surface area contributed by atoms with Crippen LogP contribution in [0.2, 0.25) is 0 Å². The van der Waals surface area contributed by atoms with Gasteiger partial charge in [-0.2, -0.15) is 0 Å². The summed E-state index contributed by atoms with van der Waals surface area (Å²) in [4.78, 5) is 16.5. The summed E-state index contributed by atoms with van der Waals surface area (Å²) in [5.41, 5.74) is 1.46. The van der Waals surface area contributed by atoms with Gasteiger partial charge >= 0.3 is 0 Å². The highest BCUT2D eigenvalue weighted by molar-refractivity contribution is 7.13. The van der Waals surface area contributed by atoms with Gasteiger partial charge in [-0.15, -0.1) is 11.3 Å². The number of rotatable bonds is 6. The first-order valence-electron chi connectivity index (χ1n) is 7.25. The zero-order valence-electron chi connectivity index (χ0n) is 12.6. The molecule has 1 N–H and O–H groups in total. The van der Waals surface area contributed by atoms with E-state index in [1.807, 2.05) is 48.7 Å². The number of hydrogen-bond donors (Lipinski definition) is 1. The van der Waals surface area contributed by atoms with Crippen LogP contribution in [0.15, 0.2) is 52.5 Å². The van der Waals surface area contributed by atoms with Crippen LogP contribution in [-0.2, 0) is 11.2 Å².